The van der Waals surface area contributed by atoms with Gasteiger partial charge in [-0.1, -0.05) is 109 Å². The van der Waals surface area contributed by atoms with Gasteiger partial charge in [-0.05, 0) is 45.8 Å². The van der Waals surface area contributed by atoms with Crippen molar-refractivity contribution in [3.63, 3.8) is 0 Å². The van der Waals surface area contributed by atoms with Crippen molar-refractivity contribution >= 4 is 54.1 Å². The predicted octanol–water partition coefficient (Wildman–Crippen LogP) is 9.58. The van der Waals surface area contributed by atoms with Crippen LogP contribution in [0.2, 0.25) is 0 Å². The molecule has 6 aromatic carbocycles. The van der Waals surface area contributed by atoms with Gasteiger partial charge in [0.15, 0.2) is 0 Å². The molecule has 0 aliphatic heterocycles. The fraction of sp³-hybridized carbons (Fsp3) is 0. The van der Waals surface area contributed by atoms with Gasteiger partial charge in [0.25, 0.3) is 0 Å². The highest BCUT2D eigenvalue weighted by molar-refractivity contribution is 6.33. The van der Waals surface area contributed by atoms with Crippen molar-refractivity contribution in [3.05, 3.63) is 133 Å². The van der Waals surface area contributed by atoms with E-state index in [-0.39, 0.29) is 0 Å². The average molecular weight is 483 g/mol. The van der Waals surface area contributed by atoms with E-state index in [4.69, 9.17) is 9.97 Å². The first kappa shape index (κ1) is 21.0. The summed E-state index contributed by atoms with van der Waals surface area (Å²) in [6.45, 7) is 0. The fourth-order valence-electron chi connectivity index (χ4n) is 5.89. The smallest absolute Gasteiger partial charge is 0.0794 e. The number of hydrogen-bond acceptors (Lipinski definition) is 2. The second-order valence-corrected chi connectivity index (χ2v) is 9.79. The van der Waals surface area contributed by atoms with E-state index in [9.17, 15) is 0 Å². The molecule has 0 saturated heterocycles. The maximum absolute atomic E-state index is 5.29. The Balaban J connectivity index is 1.49. The zero-order valence-electron chi connectivity index (χ0n) is 20.6. The third-order valence-electron chi connectivity index (χ3n) is 7.61. The average Bonchev–Trinajstić information content (AvgIpc) is 3.00. The summed E-state index contributed by atoms with van der Waals surface area (Å²) >= 11 is 0. The second kappa shape index (κ2) is 8.22. The highest BCUT2D eigenvalue weighted by Crippen LogP contribution is 2.43. The Morgan fingerprint density at radius 2 is 0.974 bits per heavy atom. The van der Waals surface area contributed by atoms with Crippen LogP contribution in [0.5, 0.6) is 0 Å². The molecule has 0 amide bonds. The molecular weight excluding hydrogens is 460 g/mol. The van der Waals surface area contributed by atoms with Gasteiger partial charge in [-0.2, -0.15) is 0 Å². The van der Waals surface area contributed by atoms with E-state index in [0.29, 0.717) is 0 Å². The largest absolute Gasteiger partial charge is 0.248 e. The standard InChI is InChI=1S/C36H22N2/c1-7-18-31-23(10-1)20-21-32(37-31)24-11-9-12-25(22-24)36-35-29-16-5-3-14-27(29)26-13-2-4-15-28(26)34(35)30-17-6-8-19-33(30)38-36/h1-22H. The summed E-state index contributed by atoms with van der Waals surface area (Å²) < 4.78 is 0. The number of pyridine rings is 2. The normalized spacial score (nSPS) is 11.7. The lowest BCUT2D eigenvalue weighted by Gasteiger charge is -2.16. The van der Waals surface area contributed by atoms with Crippen molar-refractivity contribution in [1.29, 1.82) is 0 Å². The fourth-order valence-corrected chi connectivity index (χ4v) is 5.89. The number of benzene rings is 6. The minimum atomic E-state index is 0.964. The van der Waals surface area contributed by atoms with Gasteiger partial charge in [0.1, 0.15) is 0 Å². The number of rotatable bonds is 2. The van der Waals surface area contributed by atoms with Crippen LogP contribution in [0.3, 0.4) is 0 Å². The van der Waals surface area contributed by atoms with E-state index in [1.165, 1.54) is 37.7 Å². The monoisotopic (exact) mass is 482 g/mol. The van der Waals surface area contributed by atoms with Gasteiger partial charge in [0.05, 0.1) is 22.4 Å². The molecule has 2 heteroatoms. The first-order valence-corrected chi connectivity index (χ1v) is 12.9. The van der Waals surface area contributed by atoms with Gasteiger partial charge in [0.2, 0.25) is 0 Å². The zero-order valence-corrected chi connectivity index (χ0v) is 20.6. The van der Waals surface area contributed by atoms with Crippen molar-refractivity contribution in [2.45, 2.75) is 0 Å². The first-order chi connectivity index (χ1) is 18.8. The Morgan fingerprint density at radius 1 is 0.368 bits per heavy atom. The Morgan fingerprint density at radius 3 is 1.76 bits per heavy atom. The van der Waals surface area contributed by atoms with Crippen LogP contribution in [-0.2, 0) is 0 Å². The molecule has 2 aromatic heterocycles. The quantitative estimate of drug-likeness (QED) is 0.229. The molecule has 0 N–H and O–H groups in total. The molecule has 0 atom stereocenters. The number of nitrogens with zero attached hydrogens (tertiary/aromatic N) is 2. The molecule has 8 aromatic rings. The van der Waals surface area contributed by atoms with Crippen LogP contribution in [0.4, 0.5) is 0 Å². The predicted molar refractivity (Wildman–Crippen MR) is 160 cm³/mol. The lowest BCUT2D eigenvalue weighted by molar-refractivity contribution is 1.39. The maximum atomic E-state index is 5.29. The van der Waals surface area contributed by atoms with Crippen LogP contribution in [0.1, 0.15) is 0 Å². The SMILES string of the molecule is c1cc(-c2ccc3ccccc3n2)cc(-c2nc3ccccc3c3c4ccccc4c4ccccc4c23)c1. The Bertz CT molecular complexity index is 2190. The first-order valence-electron chi connectivity index (χ1n) is 12.9. The summed E-state index contributed by atoms with van der Waals surface area (Å²) in [5, 5.41) is 9.79. The van der Waals surface area contributed by atoms with Gasteiger partial charge >= 0.3 is 0 Å². The molecule has 0 aliphatic rings. The van der Waals surface area contributed by atoms with Crippen molar-refractivity contribution in [1.82, 2.24) is 9.97 Å². The van der Waals surface area contributed by atoms with E-state index in [0.717, 1.165) is 38.9 Å². The third-order valence-corrected chi connectivity index (χ3v) is 7.61. The molecule has 8 rings (SSSR count). The van der Waals surface area contributed by atoms with Gasteiger partial charge < -0.3 is 0 Å². The van der Waals surface area contributed by atoms with E-state index in [1.54, 1.807) is 0 Å². The summed E-state index contributed by atoms with van der Waals surface area (Å²) in [7, 11) is 0. The summed E-state index contributed by atoms with van der Waals surface area (Å²) in [6.07, 6.45) is 0. The highest BCUT2D eigenvalue weighted by Gasteiger charge is 2.17. The Hall–Kier alpha value is -5.08. The highest BCUT2D eigenvalue weighted by atomic mass is 14.7. The summed E-state index contributed by atoms with van der Waals surface area (Å²) in [6, 6.07) is 47.1. The topological polar surface area (TPSA) is 25.8 Å². The van der Waals surface area contributed by atoms with E-state index >= 15 is 0 Å². The molecule has 0 unspecified atom stereocenters. The van der Waals surface area contributed by atoms with E-state index in [1.807, 2.05) is 6.07 Å². The molecule has 0 radical (unpaired) electrons. The molecule has 0 saturated carbocycles. The molecule has 38 heavy (non-hydrogen) atoms. The molecule has 0 spiro atoms. The maximum Gasteiger partial charge on any atom is 0.0794 e. The van der Waals surface area contributed by atoms with Crippen LogP contribution < -0.4 is 0 Å². The second-order valence-electron chi connectivity index (χ2n) is 9.79. The summed E-state index contributed by atoms with van der Waals surface area (Å²) in [4.78, 5) is 10.3. The van der Waals surface area contributed by atoms with Crippen molar-refractivity contribution in [2.75, 3.05) is 0 Å². The van der Waals surface area contributed by atoms with Gasteiger partial charge in [-0.25, -0.2) is 9.97 Å². The van der Waals surface area contributed by atoms with E-state index < -0.39 is 0 Å². The molecule has 176 valence electrons. The molecule has 0 aliphatic carbocycles. The van der Waals surface area contributed by atoms with Crippen LogP contribution >= 0.6 is 0 Å². The van der Waals surface area contributed by atoms with E-state index in [2.05, 4.69) is 127 Å². The summed E-state index contributed by atoms with van der Waals surface area (Å²) in [5.74, 6) is 0. The van der Waals surface area contributed by atoms with Crippen LogP contribution in [0.25, 0.3) is 76.6 Å². The molecule has 2 heterocycles. The minimum absolute atomic E-state index is 0.964. The lowest BCUT2D eigenvalue weighted by atomic mass is 9.89. The molecule has 0 bridgehead atoms. The zero-order chi connectivity index (χ0) is 25.1. The molecule has 2 nitrogen and oxygen atoms in total. The number of fused-ring (bicyclic) bond motifs is 9. The van der Waals surface area contributed by atoms with Gasteiger partial charge in [-0.15, -0.1) is 0 Å². The Kier molecular flexibility index (Phi) is 4.55. The molecular formula is C36H22N2. The van der Waals surface area contributed by atoms with Gasteiger partial charge in [0, 0.05) is 32.7 Å². The van der Waals surface area contributed by atoms with Gasteiger partial charge in [-0.3, -0.25) is 0 Å². The summed E-state index contributed by atoms with van der Waals surface area (Å²) in [5.41, 5.74) is 6.15. The number of hydrogen-bond donors (Lipinski definition) is 0. The minimum Gasteiger partial charge on any atom is -0.248 e. The van der Waals surface area contributed by atoms with Crippen LogP contribution in [-0.4, -0.2) is 9.97 Å². The number of para-hydroxylation sites is 2. The molecule has 0 fully saturated rings. The Labute approximate surface area is 219 Å². The van der Waals surface area contributed by atoms with Crippen molar-refractivity contribution in [2.24, 2.45) is 0 Å². The van der Waals surface area contributed by atoms with Crippen molar-refractivity contribution in [3.8, 4) is 22.5 Å². The van der Waals surface area contributed by atoms with Crippen LogP contribution in [0.15, 0.2) is 133 Å². The lowest BCUT2D eigenvalue weighted by Crippen LogP contribution is -1.93. The van der Waals surface area contributed by atoms with Crippen molar-refractivity contribution < 1.29 is 0 Å². The number of aromatic nitrogens is 2. The third kappa shape index (κ3) is 3.14. The van der Waals surface area contributed by atoms with Crippen LogP contribution in [0, 0.1) is 0 Å².